The van der Waals surface area contributed by atoms with Crippen molar-refractivity contribution < 1.29 is 5.11 Å². The average Bonchev–Trinajstić information content (AvgIpc) is 2.31. The Kier molecular flexibility index (Phi) is 2.70. The normalized spacial score (nSPS) is 30.3. The first-order valence-corrected chi connectivity index (χ1v) is 3.93. The molecule has 1 saturated carbocycles. The van der Waals surface area contributed by atoms with Crippen LogP contribution < -0.4 is 11.5 Å². The molecule has 0 aliphatic heterocycles. The largest absolute Gasteiger partial charge is 0.393 e. The van der Waals surface area contributed by atoms with E-state index < -0.39 is 0 Å². The fraction of sp³-hybridized carbons (Fsp3) is 0.857. The molecule has 0 aromatic heterocycles. The van der Waals surface area contributed by atoms with E-state index in [0.29, 0.717) is 6.54 Å². The van der Waals surface area contributed by atoms with Crippen LogP contribution in [-0.4, -0.2) is 23.7 Å². The minimum absolute atomic E-state index is 0.115. The molecule has 0 aromatic carbocycles. The number of aliphatic imine (C=N–C) groups is 1. The smallest absolute Gasteiger partial charge is 0.185 e. The maximum Gasteiger partial charge on any atom is 0.185 e. The third-order valence-electron chi connectivity index (χ3n) is 2.13. The van der Waals surface area contributed by atoms with Crippen molar-refractivity contribution in [2.75, 3.05) is 6.54 Å². The molecule has 0 bridgehead atoms. The monoisotopic (exact) mass is 157 g/mol. The lowest BCUT2D eigenvalue weighted by atomic mass is 10.1. The summed E-state index contributed by atoms with van der Waals surface area (Å²) >= 11 is 0. The molecule has 0 spiro atoms. The van der Waals surface area contributed by atoms with E-state index in [2.05, 4.69) is 4.99 Å². The van der Waals surface area contributed by atoms with Crippen LogP contribution in [0.25, 0.3) is 0 Å². The quantitative estimate of drug-likeness (QED) is 0.370. The Morgan fingerprint density at radius 1 is 1.45 bits per heavy atom. The molecule has 11 heavy (non-hydrogen) atoms. The Bertz CT molecular complexity index is 154. The zero-order valence-electron chi connectivity index (χ0n) is 6.53. The van der Waals surface area contributed by atoms with Crippen molar-refractivity contribution in [3.63, 3.8) is 0 Å². The lowest BCUT2D eigenvalue weighted by molar-refractivity contribution is 0.137. The predicted octanol–water partition coefficient (Wildman–Crippen LogP) is -0.579. The van der Waals surface area contributed by atoms with E-state index in [1.807, 2.05) is 0 Å². The SMILES string of the molecule is NC(N)=NCC1CCCC1O. The Balaban J connectivity index is 2.31. The van der Waals surface area contributed by atoms with E-state index in [-0.39, 0.29) is 18.0 Å². The van der Waals surface area contributed by atoms with Crippen LogP contribution in [0.4, 0.5) is 0 Å². The van der Waals surface area contributed by atoms with Gasteiger partial charge < -0.3 is 16.6 Å². The third-order valence-corrected chi connectivity index (χ3v) is 2.13. The van der Waals surface area contributed by atoms with Crippen LogP contribution in [-0.2, 0) is 0 Å². The van der Waals surface area contributed by atoms with Crippen LogP contribution in [0.1, 0.15) is 19.3 Å². The molecule has 2 atom stereocenters. The third kappa shape index (κ3) is 2.38. The molecule has 0 saturated heterocycles. The molecule has 5 N–H and O–H groups in total. The van der Waals surface area contributed by atoms with Crippen LogP contribution in [0.3, 0.4) is 0 Å². The van der Waals surface area contributed by atoms with Gasteiger partial charge in [0.1, 0.15) is 0 Å². The van der Waals surface area contributed by atoms with Gasteiger partial charge in [0, 0.05) is 12.5 Å². The second kappa shape index (κ2) is 3.57. The summed E-state index contributed by atoms with van der Waals surface area (Å²) in [5, 5.41) is 9.35. The van der Waals surface area contributed by atoms with Gasteiger partial charge in [0.25, 0.3) is 0 Å². The van der Waals surface area contributed by atoms with Crippen molar-refractivity contribution in [2.24, 2.45) is 22.4 Å². The summed E-state index contributed by atoms with van der Waals surface area (Å²) in [4.78, 5) is 3.87. The number of aliphatic hydroxyl groups excluding tert-OH is 1. The first kappa shape index (κ1) is 8.33. The fourth-order valence-electron chi connectivity index (χ4n) is 1.45. The van der Waals surface area contributed by atoms with Crippen molar-refractivity contribution >= 4 is 5.96 Å². The lowest BCUT2D eigenvalue weighted by Crippen LogP contribution is -2.25. The predicted molar refractivity (Wildman–Crippen MR) is 44.0 cm³/mol. The lowest BCUT2D eigenvalue weighted by Gasteiger charge is -2.10. The van der Waals surface area contributed by atoms with E-state index in [1.54, 1.807) is 0 Å². The van der Waals surface area contributed by atoms with Gasteiger partial charge in [0.05, 0.1) is 6.10 Å². The molecule has 1 rings (SSSR count). The Labute approximate surface area is 66.3 Å². The van der Waals surface area contributed by atoms with Crippen molar-refractivity contribution in [3.05, 3.63) is 0 Å². The standard InChI is InChI=1S/C7H15N3O/c8-7(9)10-4-5-2-1-3-6(5)11/h5-6,11H,1-4H2,(H4,8,9,10). The maximum absolute atomic E-state index is 9.35. The summed E-state index contributed by atoms with van der Waals surface area (Å²) in [5.74, 6) is 0.390. The van der Waals surface area contributed by atoms with Gasteiger partial charge in [-0.15, -0.1) is 0 Å². The molecule has 2 unspecified atom stereocenters. The first-order valence-electron chi connectivity index (χ1n) is 3.93. The van der Waals surface area contributed by atoms with Crippen LogP contribution >= 0.6 is 0 Å². The molecule has 0 amide bonds. The number of hydrogen-bond donors (Lipinski definition) is 3. The molecule has 64 valence electrons. The van der Waals surface area contributed by atoms with E-state index in [1.165, 1.54) is 0 Å². The Morgan fingerprint density at radius 3 is 2.64 bits per heavy atom. The topological polar surface area (TPSA) is 84.6 Å². The van der Waals surface area contributed by atoms with Gasteiger partial charge in [-0.05, 0) is 12.8 Å². The van der Waals surface area contributed by atoms with Crippen molar-refractivity contribution in [1.82, 2.24) is 0 Å². The number of hydrogen-bond acceptors (Lipinski definition) is 2. The van der Waals surface area contributed by atoms with Crippen molar-refractivity contribution in [3.8, 4) is 0 Å². The van der Waals surface area contributed by atoms with Gasteiger partial charge in [0.2, 0.25) is 0 Å². The van der Waals surface area contributed by atoms with Crippen molar-refractivity contribution in [1.29, 1.82) is 0 Å². The fourth-order valence-corrected chi connectivity index (χ4v) is 1.45. The molecule has 4 nitrogen and oxygen atoms in total. The molecule has 1 fully saturated rings. The molecule has 1 aliphatic carbocycles. The van der Waals surface area contributed by atoms with Crippen LogP contribution in [0.15, 0.2) is 4.99 Å². The molecule has 0 aromatic rings. The number of nitrogens with zero attached hydrogens (tertiary/aromatic N) is 1. The van der Waals surface area contributed by atoms with Crippen LogP contribution in [0.2, 0.25) is 0 Å². The van der Waals surface area contributed by atoms with E-state index >= 15 is 0 Å². The summed E-state index contributed by atoms with van der Waals surface area (Å²) in [7, 11) is 0. The Morgan fingerprint density at radius 2 is 2.18 bits per heavy atom. The molecule has 4 heteroatoms. The minimum Gasteiger partial charge on any atom is -0.393 e. The highest BCUT2D eigenvalue weighted by molar-refractivity contribution is 5.75. The van der Waals surface area contributed by atoms with E-state index in [4.69, 9.17) is 11.5 Å². The Hall–Kier alpha value is -0.770. The molecule has 0 radical (unpaired) electrons. The molecular weight excluding hydrogens is 142 g/mol. The van der Waals surface area contributed by atoms with Gasteiger partial charge >= 0.3 is 0 Å². The summed E-state index contributed by atoms with van der Waals surface area (Å²) in [6, 6.07) is 0. The van der Waals surface area contributed by atoms with Gasteiger partial charge in [-0.2, -0.15) is 0 Å². The van der Waals surface area contributed by atoms with Gasteiger partial charge in [-0.3, -0.25) is 4.99 Å². The second-order valence-corrected chi connectivity index (χ2v) is 3.02. The average molecular weight is 157 g/mol. The highest BCUT2D eigenvalue weighted by atomic mass is 16.3. The second-order valence-electron chi connectivity index (χ2n) is 3.02. The van der Waals surface area contributed by atoms with Gasteiger partial charge in [0.15, 0.2) is 5.96 Å². The summed E-state index contributed by atoms with van der Waals surface area (Å²) in [6.45, 7) is 0.573. The molecule has 1 aliphatic rings. The number of nitrogens with two attached hydrogens (primary N) is 2. The highest BCUT2D eigenvalue weighted by Gasteiger charge is 2.24. The first-order chi connectivity index (χ1) is 5.20. The number of aliphatic hydroxyl groups is 1. The van der Waals surface area contributed by atoms with Gasteiger partial charge in [-0.1, -0.05) is 6.42 Å². The summed E-state index contributed by atoms with van der Waals surface area (Å²) in [5.41, 5.74) is 10.3. The number of rotatable bonds is 2. The van der Waals surface area contributed by atoms with E-state index in [0.717, 1.165) is 19.3 Å². The van der Waals surface area contributed by atoms with Crippen molar-refractivity contribution in [2.45, 2.75) is 25.4 Å². The summed E-state index contributed by atoms with van der Waals surface area (Å²) in [6.07, 6.45) is 2.83. The van der Waals surface area contributed by atoms with E-state index in [9.17, 15) is 5.11 Å². The summed E-state index contributed by atoms with van der Waals surface area (Å²) < 4.78 is 0. The maximum atomic E-state index is 9.35. The van der Waals surface area contributed by atoms with Gasteiger partial charge in [-0.25, -0.2) is 0 Å². The highest BCUT2D eigenvalue weighted by Crippen LogP contribution is 2.25. The van der Waals surface area contributed by atoms with Crippen LogP contribution in [0.5, 0.6) is 0 Å². The van der Waals surface area contributed by atoms with Crippen LogP contribution in [0, 0.1) is 5.92 Å². The number of guanidine groups is 1. The zero-order valence-corrected chi connectivity index (χ0v) is 6.53. The molecule has 0 heterocycles. The zero-order chi connectivity index (χ0) is 8.27. The molecular formula is C7H15N3O. The minimum atomic E-state index is -0.196.